The van der Waals surface area contributed by atoms with E-state index in [-0.39, 0.29) is 0 Å². The first kappa shape index (κ1) is 22.3. The lowest BCUT2D eigenvalue weighted by atomic mass is 9.91. The number of hydrogen-bond donors (Lipinski definition) is 1. The number of rotatable bonds is 7. The van der Waals surface area contributed by atoms with Crippen molar-refractivity contribution < 1.29 is 24.1 Å². The van der Waals surface area contributed by atoms with E-state index in [1.807, 2.05) is 42.5 Å². The van der Waals surface area contributed by atoms with Gasteiger partial charge in [0.1, 0.15) is 28.7 Å². The highest BCUT2D eigenvalue weighted by Crippen LogP contribution is 2.48. The highest BCUT2D eigenvalue weighted by Gasteiger charge is 2.33. The zero-order valence-electron chi connectivity index (χ0n) is 19.0. The zero-order valence-corrected chi connectivity index (χ0v) is 19.9. The second-order valence-corrected chi connectivity index (χ2v) is 9.68. The minimum Gasteiger partial charge on any atom is -0.507 e. The molecule has 0 heterocycles. The van der Waals surface area contributed by atoms with E-state index in [1.165, 1.54) is 5.56 Å². The molecule has 3 aromatic rings. The number of phenolic OH excluding ortho intramolecular Hbond substituents is 1. The van der Waals surface area contributed by atoms with Crippen molar-refractivity contribution in [2.45, 2.75) is 25.7 Å². The molecule has 0 amide bonds. The molecule has 1 aliphatic rings. The largest absolute Gasteiger partial charge is 0.507 e. The molecule has 0 aromatic heterocycles. The smallest absolute Gasteiger partial charge is 0.130 e. The van der Waals surface area contributed by atoms with Crippen LogP contribution in [-0.4, -0.2) is 33.5 Å². The fourth-order valence-electron chi connectivity index (χ4n) is 4.43. The summed E-state index contributed by atoms with van der Waals surface area (Å²) in [4.78, 5) is 0. The van der Waals surface area contributed by atoms with Crippen molar-refractivity contribution in [3.63, 3.8) is 0 Å². The van der Waals surface area contributed by atoms with E-state index in [1.54, 1.807) is 28.4 Å². The Morgan fingerprint density at radius 1 is 0.656 bits per heavy atom. The molecule has 0 aliphatic heterocycles. The van der Waals surface area contributed by atoms with Crippen molar-refractivity contribution in [2.24, 2.45) is 0 Å². The Morgan fingerprint density at radius 3 is 1.59 bits per heavy atom. The van der Waals surface area contributed by atoms with Gasteiger partial charge in [0.25, 0.3) is 0 Å². The summed E-state index contributed by atoms with van der Waals surface area (Å²) in [7, 11) is 5.26. The van der Waals surface area contributed by atoms with Crippen molar-refractivity contribution in [2.75, 3.05) is 28.4 Å². The highest BCUT2D eigenvalue weighted by atomic mass is 31.1. The van der Waals surface area contributed by atoms with Crippen LogP contribution in [-0.2, 0) is 12.8 Å². The number of fused-ring (bicyclic) bond motifs is 1. The highest BCUT2D eigenvalue weighted by molar-refractivity contribution is 7.80. The van der Waals surface area contributed by atoms with Gasteiger partial charge in [-0.15, -0.1) is 0 Å². The monoisotopic (exact) mass is 452 g/mol. The Labute approximate surface area is 190 Å². The van der Waals surface area contributed by atoms with Gasteiger partial charge >= 0.3 is 0 Å². The Kier molecular flexibility index (Phi) is 6.76. The second kappa shape index (κ2) is 9.70. The Bertz CT molecular complexity index is 1010. The quantitative estimate of drug-likeness (QED) is 0.548. The SMILES string of the molecule is COc1cccc(OC)c1P(c1ccc2c(c1O)CCCC2)c1c(OC)cccc1OC. The number of ether oxygens (including phenoxy) is 4. The van der Waals surface area contributed by atoms with Crippen LogP contribution >= 0.6 is 7.92 Å². The van der Waals surface area contributed by atoms with Gasteiger partial charge in [0, 0.05) is 13.2 Å². The average Bonchev–Trinajstić information content (AvgIpc) is 2.85. The number of aromatic hydroxyl groups is 1. The summed E-state index contributed by atoms with van der Waals surface area (Å²) < 4.78 is 23.1. The van der Waals surface area contributed by atoms with Crippen molar-refractivity contribution in [1.29, 1.82) is 0 Å². The van der Waals surface area contributed by atoms with Crippen molar-refractivity contribution >= 4 is 23.8 Å². The molecule has 3 aromatic carbocycles. The summed E-state index contributed by atoms with van der Waals surface area (Å²) in [5.74, 6) is 3.14. The van der Waals surface area contributed by atoms with Gasteiger partial charge in [-0.05, 0) is 67.1 Å². The Hall–Kier alpha value is -2.91. The summed E-state index contributed by atoms with van der Waals surface area (Å²) in [6, 6.07) is 15.7. The van der Waals surface area contributed by atoms with Gasteiger partial charge in [0.05, 0.1) is 39.0 Å². The van der Waals surface area contributed by atoms with Crippen LogP contribution in [0.15, 0.2) is 48.5 Å². The fraction of sp³-hybridized carbons (Fsp3) is 0.308. The topological polar surface area (TPSA) is 57.2 Å². The number of phenols is 1. The molecule has 0 saturated heterocycles. The predicted octanol–water partition coefficient (Wildman–Crippen LogP) is 4.06. The maximum absolute atomic E-state index is 11.5. The van der Waals surface area contributed by atoms with E-state index in [0.29, 0.717) is 28.7 Å². The molecular weight excluding hydrogens is 423 g/mol. The molecule has 168 valence electrons. The minimum atomic E-state index is -1.34. The molecular formula is C26H29O5P. The number of hydrogen-bond acceptors (Lipinski definition) is 5. The van der Waals surface area contributed by atoms with E-state index in [0.717, 1.165) is 47.2 Å². The summed E-state index contributed by atoms with van der Waals surface area (Å²) in [6.45, 7) is 0. The van der Waals surface area contributed by atoms with E-state index in [2.05, 4.69) is 6.07 Å². The normalized spacial score (nSPS) is 12.9. The van der Waals surface area contributed by atoms with Crippen molar-refractivity contribution in [3.8, 4) is 28.7 Å². The molecule has 1 aliphatic carbocycles. The van der Waals surface area contributed by atoms with Gasteiger partial charge in [-0.3, -0.25) is 0 Å². The molecule has 4 rings (SSSR count). The van der Waals surface area contributed by atoms with Gasteiger partial charge in [-0.25, -0.2) is 0 Å². The minimum absolute atomic E-state index is 0.356. The summed E-state index contributed by atoms with van der Waals surface area (Å²) in [6.07, 6.45) is 4.11. The van der Waals surface area contributed by atoms with Crippen molar-refractivity contribution in [3.05, 3.63) is 59.7 Å². The third-order valence-corrected chi connectivity index (χ3v) is 8.59. The second-order valence-electron chi connectivity index (χ2n) is 7.64. The van der Waals surface area contributed by atoms with Gasteiger partial charge in [-0.1, -0.05) is 18.2 Å². The molecule has 0 spiro atoms. The standard InChI is InChI=1S/C26H29O5P/c1-28-19-11-7-12-20(29-2)25(19)32(26-21(30-3)13-8-14-22(26)31-4)23-16-15-17-9-5-6-10-18(17)24(23)27/h7-8,11-16,27H,5-6,9-10H2,1-4H3. The first-order valence-corrected chi connectivity index (χ1v) is 12.0. The molecule has 0 bridgehead atoms. The molecule has 0 atom stereocenters. The van der Waals surface area contributed by atoms with Crippen LogP contribution < -0.4 is 34.9 Å². The van der Waals surface area contributed by atoms with Crippen molar-refractivity contribution in [1.82, 2.24) is 0 Å². The van der Waals surface area contributed by atoms with Crippen LogP contribution in [0.5, 0.6) is 28.7 Å². The number of methoxy groups -OCH3 is 4. The first-order valence-electron chi connectivity index (χ1n) is 10.7. The molecule has 0 radical (unpaired) electrons. The van der Waals surface area contributed by atoms with Crippen LogP contribution in [0.4, 0.5) is 0 Å². The predicted molar refractivity (Wildman–Crippen MR) is 130 cm³/mol. The molecule has 1 N–H and O–H groups in total. The van der Waals surface area contributed by atoms with Gasteiger partial charge in [0.15, 0.2) is 0 Å². The number of aryl methyl sites for hydroxylation is 1. The molecule has 0 saturated carbocycles. The number of benzene rings is 3. The van der Waals surface area contributed by atoms with E-state index in [4.69, 9.17) is 18.9 Å². The lowest BCUT2D eigenvalue weighted by molar-refractivity contribution is 0.399. The average molecular weight is 452 g/mol. The van der Waals surface area contributed by atoms with Crippen LogP contribution in [0.3, 0.4) is 0 Å². The van der Waals surface area contributed by atoms with Crippen LogP contribution in [0.1, 0.15) is 24.0 Å². The van der Waals surface area contributed by atoms with Gasteiger partial charge in [0.2, 0.25) is 0 Å². The van der Waals surface area contributed by atoms with E-state index >= 15 is 0 Å². The van der Waals surface area contributed by atoms with E-state index in [9.17, 15) is 5.11 Å². The fourth-order valence-corrected chi connectivity index (χ4v) is 7.25. The Morgan fingerprint density at radius 2 is 1.12 bits per heavy atom. The lowest BCUT2D eigenvalue weighted by Gasteiger charge is -2.28. The lowest BCUT2D eigenvalue weighted by Crippen LogP contribution is -2.26. The molecule has 6 heteroatoms. The Balaban J connectivity index is 2.08. The van der Waals surface area contributed by atoms with Crippen LogP contribution in [0.25, 0.3) is 0 Å². The third-order valence-electron chi connectivity index (χ3n) is 5.97. The molecule has 32 heavy (non-hydrogen) atoms. The molecule has 0 unspecified atom stereocenters. The summed E-state index contributed by atoms with van der Waals surface area (Å²) in [5, 5.41) is 14.1. The van der Waals surface area contributed by atoms with E-state index < -0.39 is 7.92 Å². The maximum Gasteiger partial charge on any atom is 0.130 e. The molecule has 0 fully saturated rings. The summed E-state index contributed by atoms with van der Waals surface area (Å²) in [5.41, 5.74) is 2.27. The van der Waals surface area contributed by atoms with Gasteiger partial charge < -0.3 is 24.1 Å². The van der Waals surface area contributed by atoms with Crippen LogP contribution in [0.2, 0.25) is 0 Å². The summed E-state index contributed by atoms with van der Waals surface area (Å²) >= 11 is 0. The van der Waals surface area contributed by atoms with Crippen LogP contribution in [0, 0.1) is 0 Å². The maximum atomic E-state index is 11.5. The molecule has 5 nitrogen and oxygen atoms in total. The first-order chi connectivity index (χ1) is 15.6. The zero-order chi connectivity index (χ0) is 22.7. The third kappa shape index (κ3) is 3.86. The van der Waals surface area contributed by atoms with Gasteiger partial charge in [-0.2, -0.15) is 0 Å².